The van der Waals surface area contributed by atoms with E-state index in [9.17, 15) is 9.59 Å². The Morgan fingerprint density at radius 1 is 1.39 bits per heavy atom. The van der Waals surface area contributed by atoms with Crippen molar-refractivity contribution in [2.24, 2.45) is 0 Å². The van der Waals surface area contributed by atoms with Gasteiger partial charge in [0.1, 0.15) is 18.1 Å². The maximum atomic E-state index is 12.0. The van der Waals surface area contributed by atoms with Crippen LogP contribution in [0.3, 0.4) is 0 Å². The summed E-state index contributed by atoms with van der Waals surface area (Å²) in [5.41, 5.74) is 0.962. The molecule has 18 heavy (non-hydrogen) atoms. The van der Waals surface area contributed by atoms with Crippen molar-refractivity contribution >= 4 is 17.5 Å². The first-order valence-corrected chi connectivity index (χ1v) is 5.44. The van der Waals surface area contributed by atoms with Gasteiger partial charge in [0.2, 0.25) is 5.91 Å². The molecule has 2 rings (SSSR count). The van der Waals surface area contributed by atoms with Gasteiger partial charge in [-0.3, -0.25) is 14.0 Å². The van der Waals surface area contributed by atoms with Gasteiger partial charge in [-0.25, -0.2) is 0 Å². The summed E-state index contributed by atoms with van der Waals surface area (Å²) in [7, 11) is 1.52. The SMILES string of the molecule is CNC(=O)[C@H](C)NC(=O)c1cccc2nncn12. The highest BCUT2D eigenvalue weighted by molar-refractivity contribution is 5.96. The van der Waals surface area contributed by atoms with Gasteiger partial charge < -0.3 is 10.6 Å². The van der Waals surface area contributed by atoms with E-state index in [1.54, 1.807) is 29.5 Å². The van der Waals surface area contributed by atoms with E-state index in [1.165, 1.54) is 13.4 Å². The number of nitrogens with zero attached hydrogens (tertiary/aromatic N) is 3. The first-order valence-electron chi connectivity index (χ1n) is 5.44. The van der Waals surface area contributed by atoms with Gasteiger partial charge in [0.15, 0.2) is 5.65 Å². The molecule has 0 radical (unpaired) electrons. The Balaban J connectivity index is 2.24. The molecule has 0 aliphatic rings. The van der Waals surface area contributed by atoms with Crippen molar-refractivity contribution in [1.82, 2.24) is 25.2 Å². The first kappa shape index (κ1) is 12.0. The zero-order valence-electron chi connectivity index (χ0n) is 10.0. The van der Waals surface area contributed by atoms with E-state index in [1.807, 2.05) is 0 Å². The standard InChI is InChI=1S/C11H13N5O2/c1-7(10(17)12-2)14-11(18)8-4-3-5-9-15-13-6-16(8)9/h3-7H,1-2H3,(H,12,17)(H,14,18)/t7-/m0/s1. The predicted molar refractivity (Wildman–Crippen MR) is 64.0 cm³/mol. The molecule has 2 N–H and O–H groups in total. The number of fused-ring (bicyclic) bond motifs is 1. The van der Waals surface area contributed by atoms with Crippen LogP contribution in [0.5, 0.6) is 0 Å². The van der Waals surface area contributed by atoms with Gasteiger partial charge in [-0.05, 0) is 19.1 Å². The summed E-state index contributed by atoms with van der Waals surface area (Å²) in [5, 5.41) is 12.6. The summed E-state index contributed by atoms with van der Waals surface area (Å²) in [6, 6.07) is 4.49. The monoisotopic (exact) mass is 247 g/mol. The molecule has 0 saturated carbocycles. The van der Waals surface area contributed by atoms with E-state index < -0.39 is 6.04 Å². The molecule has 0 aliphatic heterocycles. The second kappa shape index (κ2) is 4.82. The number of carbonyl (C=O) groups is 2. The minimum atomic E-state index is -0.603. The lowest BCUT2D eigenvalue weighted by atomic mass is 10.2. The van der Waals surface area contributed by atoms with Crippen LogP contribution in [0.15, 0.2) is 24.5 Å². The lowest BCUT2D eigenvalue weighted by Crippen LogP contribution is -2.44. The molecule has 7 heteroatoms. The Hall–Kier alpha value is -2.44. The van der Waals surface area contributed by atoms with Crippen LogP contribution in [0.25, 0.3) is 5.65 Å². The van der Waals surface area contributed by atoms with Crippen LogP contribution in [0, 0.1) is 0 Å². The number of amides is 2. The van der Waals surface area contributed by atoms with Crippen LogP contribution < -0.4 is 10.6 Å². The normalized spacial score (nSPS) is 12.1. The van der Waals surface area contributed by atoms with Crippen molar-refractivity contribution in [3.63, 3.8) is 0 Å². The molecule has 2 aromatic heterocycles. The quantitative estimate of drug-likeness (QED) is 0.772. The number of aromatic nitrogens is 3. The van der Waals surface area contributed by atoms with E-state index in [0.717, 1.165) is 0 Å². The van der Waals surface area contributed by atoms with Crippen LogP contribution >= 0.6 is 0 Å². The fourth-order valence-electron chi connectivity index (χ4n) is 1.59. The van der Waals surface area contributed by atoms with Crippen LogP contribution in [0.1, 0.15) is 17.4 Å². The predicted octanol–water partition coefficient (Wildman–Crippen LogP) is -0.406. The van der Waals surface area contributed by atoms with Crippen molar-refractivity contribution in [2.45, 2.75) is 13.0 Å². The highest BCUT2D eigenvalue weighted by atomic mass is 16.2. The van der Waals surface area contributed by atoms with E-state index in [4.69, 9.17) is 0 Å². The largest absolute Gasteiger partial charge is 0.357 e. The number of hydrogen-bond donors (Lipinski definition) is 2. The molecule has 0 fully saturated rings. The van der Waals surface area contributed by atoms with Crippen molar-refractivity contribution in [2.75, 3.05) is 7.05 Å². The third kappa shape index (κ3) is 2.15. The van der Waals surface area contributed by atoms with Gasteiger partial charge in [0.05, 0.1) is 0 Å². The highest BCUT2D eigenvalue weighted by Gasteiger charge is 2.17. The van der Waals surface area contributed by atoms with Gasteiger partial charge in [-0.2, -0.15) is 0 Å². The molecule has 2 amide bonds. The van der Waals surface area contributed by atoms with Crippen LogP contribution in [-0.4, -0.2) is 39.5 Å². The summed E-state index contributed by atoms with van der Waals surface area (Å²) in [4.78, 5) is 23.4. The summed E-state index contributed by atoms with van der Waals surface area (Å²) >= 11 is 0. The third-order valence-corrected chi connectivity index (χ3v) is 2.55. The summed E-state index contributed by atoms with van der Waals surface area (Å²) < 4.78 is 1.56. The number of carbonyl (C=O) groups excluding carboxylic acids is 2. The molecule has 0 saturated heterocycles. The maximum absolute atomic E-state index is 12.0. The van der Waals surface area contributed by atoms with Crippen LogP contribution in [-0.2, 0) is 4.79 Å². The molecule has 7 nitrogen and oxygen atoms in total. The fourth-order valence-corrected chi connectivity index (χ4v) is 1.59. The van der Waals surface area contributed by atoms with Gasteiger partial charge in [0, 0.05) is 7.05 Å². The molecule has 2 heterocycles. The number of rotatable bonds is 3. The lowest BCUT2D eigenvalue weighted by molar-refractivity contribution is -0.122. The van der Waals surface area contributed by atoms with Gasteiger partial charge in [-0.15, -0.1) is 10.2 Å². The number of nitrogens with one attached hydrogen (secondary N) is 2. The summed E-state index contributed by atoms with van der Waals surface area (Å²) in [6.45, 7) is 1.61. The molecule has 0 bridgehead atoms. The smallest absolute Gasteiger partial charge is 0.268 e. The first-order chi connectivity index (χ1) is 8.63. The Morgan fingerprint density at radius 2 is 2.17 bits per heavy atom. The van der Waals surface area contributed by atoms with E-state index in [2.05, 4.69) is 20.8 Å². The molecule has 0 unspecified atom stereocenters. The van der Waals surface area contributed by atoms with E-state index in [-0.39, 0.29) is 11.8 Å². The van der Waals surface area contributed by atoms with Crippen LogP contribution in [0.2, 0.25) is 0 Å². The summed E-state index contributed by atoms with van der Waals surface area (Å²) in [6.07, 6.45) is 1.45. The average Bonchev–Trinajstić information content (AvgIpc) is 2.85. The second-order valence-electron chi connectivity index (χ2n) is 3.78. The van der Waals surface area contributed by atoms with Crippen molar-refractivity contribution in [3.8, 4) is 0 Å². The van der Waals surface area contributed by atoms with Crippen molar-refractivity contribution in [3.05, 3.63) is 30.2 Å². The van der Waals surface area contributed by atoms with Crippen molar-refractivity contribution in [1.29, 1.82) is 0 Å². The van der Waals surface area contributed by atoms with Gasteiger partial charge in [0.25, 0.3) is 5.91 Å². The Labute approximate surface area is 103 Å². The molecule has 0 aromatic carbocycles. The molecular formula is C11H13N5O2. The highest BCUT2D eigenvalue weighted by Crippen LogP contribution is 2.04. The molecule has 0 aliphatic carbocycles. The Bertz CT molecular complexity index is 592. The molecule has 1 atom stereocenters. The fraction of sp³-hybridized carbons (Fsp3) is 0.273. The number of hydrogen-bond acceptors (Lipinski definition) is 4. The third-order valence-electron chi connectivity index (χ3n) is 2.55. The summed E-state index contributed by atoms with van der Waals surface area (Å²) in [5.74, 6) is -0.601. The topological polar surface area (TPSA) is 88.4 Å². The van der Waals surface area contributed by atoms with Crippen LogP contribution in [0.4, 0.5) is 0 Å². The molecular weight excluding hydrogens is 234 g/mol. The minimum absolute atomic E-state index is 0.251. The number of likely N-dealkylation sites (N-methyl/N-ethyl adjacent to an activating group) is 1. The van der Waals surface area contributed by atoms with Gasteiger partial charge >= 0.3 is 0 Å². The van der Waals surface area contributed by atoms with E-state index >= 15 is 0 Å². The van der Waals surface area contributed by atoms with Gasteiger partial charge in [-0.1, -0.05) is 6.07 Å². The molecule has 0 spiro atoms. The molecule has 2 aromatic rings. The minimum Gasteiger partial charge on any atom is -0.357 e. The van der Waals surface area contributed by atoms with Crippen molar-refractivity contribution < 1.29 is 9.59 Å². The zero-order valence-corrected chi connectivity index (χ0v) is 10.0. The van der Waals surface area contributed by atoms with E-state index in [0.29, 0.717) is 11.3 Å². The second-order valence-corrected chi connectivity index (χ2v) is 3.78. The average molecular weight is 247 g/mol. The maximum Gasteiger partial charge on any atom is 0.268 e. The zero-order chi connectivity index (χ0) is 13.1. The molecule has 94 valence electrons. The Kier molecular flexibility index (Phi) is 3.22. The number of pyridine rings is 1. The Morgan fingerprint density at radius 3 is 2.89 bits per heavy atom. The lowest BCUT2D eigenvalue weighted by Gasteiger charge is -2.12.